The largest absolute Gasteiger partial charge is 0.383 e. The lowest BCUT2D eigenvalue weighted by Gasteiger charge is -2.21. The first-order chi connectivity index (χ1) is 8.04. The van der Waals surface area contributed by atoms with Crippen LogP contribution in [0.1, 0.15) is 19.4 Å². The monoisotopic (exact) mass is 295 g/mol. The molecule has 0 unspecified atom stereocenters. The summed E-state index contributed by atoms with van der Waals surface area (Å²) < 4.78 is 0.934. The van der Waals surface area contributed by atoms with Crippen LogP contribution >= 0.6 is 15.9 Å². The lowest BCUT2D eigenvalue weighted by atomic mass is 10.2. The Morgan fingerprint density at radius 3 is 2.71 bits per heavy atom. The minimum absolute atomic E-state index is 0.557. The highest BCUT2D eigenvalue weighted by Gasteiger charge is 2.04. The zero-order valence-corrected chi connectivity index (χ0v) is 12.1. The van der Waals surface area contributed by atoms with Crippen LogP contribution in [0.4, 0.5) is 5.69 Å². The van der Waals surface area contributed by atoms with Gasteiger partial charge >= 0.3 is 0 Å². The van der Waals surface area contributed by atoms with E-state index in [4.69, 9.17) is 5.26 Å². The van der Waals surface area contributed by atoms with Crippen LogP contribution in [-0.4, -0.2) is 31.1 Å². The molecule has 0 aliphatic rings. The summed E-state index contributed by atoms with van der Waals surface area (Å²) in [6, 6.07) is 8.25. The summed E-state index contributed by atoms with van der Waals surface area (Å²) >= 11 is 3.46. The van der Waals surface area contributed by atoms with Gasteiger partial charge in [0, 0.05) is 29.3 Å². The summed E-state index contributed by atoms with van der Waals surface area (Å²) in [6.45, 7) is 6.23. The van der Waals surface area contributed by atoms with Crippen molar-refractivity contribution in [2.45, 2.75) is 19.9 Å². The van der Waals surface area contributed by atoms with Crippen molar-refractivity contribution in [1.29, 1.82) is 5.26 Å². The molecule has 0 spiro atoms. The smallest absolute Gasteiger partial charge is 0.0992 e. The number of likely N-dealkylation sites (N-methyl/N-ethyl adjacent to an activating group) is 1. The Labute approximate surface area is 112 Å². The van der Waals surface area contributed by atoms with Gasteiger partial charge in [-0.15, -0.1) is 0 Å². The molecule has 0 aliphatic heterocycles. The molecular formula is C13H18BrN3. The molecule has 3 nitrogen and oxygen atoms in total. The average Bonchev–Trinajstić information content (AvgIpc) is 2.30. The number of anilines is 1. The van der Waals surface area contributed by atoms with Gasteiger partial charge in [0.25, 0.3) is 0 Å². The van der Waals surface area contributed by atoms with Gasteiger partial charge in [-0.3, -0.25) is 0 Å². The highest BCUT2D eigenvalue weighted by Crippen LogP contribution is 2.23. The maximum atomic E-state index is 8.76. The van der Waals surface area contributed by atoms with E-state index in [1.165, 1.54) is 0 Å². The number of rotatable bonds is 5. The van der Waals surface area contributed by atoms with Crippen molar-refractivity contribution in [2.24, 2.45) is 0 Å². The normalized spacial score (nSPS) is 10.6. The first kappa shape index (κ1) is 14.0. The highest BCUT2D eigenvalue weighted by atomic mass is 79.9. The minimum Gasteiger partial charge on any atom is -0.383 e. The van der Waals surface area contributed by atoms with E-state index in [-0.39, 0.29) is 0 Å². The van der Waals surface area contributed by atoms with Gasteiger partial charge < -0.3 is 10.2 Å². The Bertz CT molecular complexity index is 410. The fraction of sp³-hybridized carbons (Fsp3) is 0.462. The molecular weight excluding hydrogens is 278 g/mol. The van der Waals surface area contributed by atoms with Gasteiger partial charge in [-0.1, -0.05) is 0 Å². The number of nitrogens with one attached hydrogen (secondary N) is 1. The van der Waals surface area contributed by atoms with Crippen molar-refractivity contribution >= 4 is 21.6 Å². The molecule has 92 valence electrons. The second kappa shape index (κ2) is 6.63. The van der Waals surface area contributed by atoms with Gasteiger partial charge in [0.15, 0.2) is 0 Å². The van der Waals surface area contributed by atoms with Gasteiger partial charge in [-0.2, -0.15) is 5.26 Å². The van der Waals surface area contributed by atoms with Crippen LogP contribution in [0.25, 0.3) is 0 Å². The van der Waals surface area contributed by atoms with Crippen molar-refractivity contribution in [3.63, 3.8) is 0 Å². The third kappa shape index (κ3) is 4.37. The van der Waals surface area contributed by atoms with E-state index in [1.54, 1.807) is 0 Å². The van der Waals surface area contributed by atoms with Crippen LogP contribution in [-0.2, 0) is 0 Å². The predicted molar refractivity (Wildman–Crippen MR) is 75.1 cm³/mol. The first-order valence-electron chi connectivity index (χ1n) is 5.68. The Kier molecular flexibility index (Phi) is 5.46. The van der Waals surface area contributed by atoms with Crippen molar-refractivity contribution < 1.29 is 0 Å². The SMILES string of the molecule is CC(C)N(C)CCNc1ccc(C#N)cc1Br. The topological polar surface area (TPSA) is 39.1 Å². The van der Waals surface area contributed by atoms with Crippen molar-refractivity contribution in [3.05, 3.63) is 28.2 Å². The molecule has 0 saturated carbocycles. The zero-order chi connectivity index (χ0) is 12.8. The molecule has 1 aromatic carbocycles. The standard InChI is InChI=1S/C13H18BrN3/c1-10(2)17(3)7-6-16-13-5-4-11(9-15)8-12(13)14/h4-5,8,10,16H,6-7H2,1-3H3. The molecule has 1 aromatic rings. The Morgan fingerprint density at radius 2 is 2.18 bits per heavy atom. The summed E-state index contributed by atoms with van der Waals surface area (Å²) in [5.74, 6) is 0. The van der Waals surface area contributed by atoms with E-state index in [0.29, 0.717) is 11.6 Å². The van der Waals surface area contributed by atoms with Crippen LogP contribution in [0.5, 0.6) is 0 Å². The molecule has 1 N–H and O–H groups in total. The van der Waals surface area contributed by atoms with Crippen LogP contribution in [0.15, 0.2) is 22.7 Å². The Hall–Kier alpha value is -1.05. The maximum Gasteiger partial charge on any atom is 0.0992 e. The van der Waals surface area contributed by atoms with Crippen LogP contribution < -0.4 is 5.32 Å². The molecule has 0 aromatic heterocycles. The number of hydrogen-bond acceptors (Lipinski definition) is 3. The summed E-state index contributed by atoms with van der Waals surface area (Å²) in [5, 5.41) is 12.1. The van der Waals surface area contributed by atoms with Crippen molar-refractivity contribution in [2.75, 3.05) is 25.5 Å². The van der Waals surface area contributed by atoms with E-state index in [2.05, 4.69) is 53.1 Å². The number of nitrogens with zero attached hydrogens (tertiary/aromatic N) is 2. The van der Waals surface area contributed by atoms with Gasteiger partial charge in [-0.25, -0.2) is 0 Å². The third-order valence-electron chi connectivity index (χ3n) is 2.76. The average molecular weight is 296 g/mol. The summed E-state index contributed by atoms with van der Waals surface area (Å²) in [7, 11) is 2.11. The summed E-state index contributed by atoms with van der Waals surface area (Å²) in [4.78, 5) is 2.28. The predicted octanol–water partition coefficient (Wildman–Crippen LogP) is 3.07. The van der Waals surface area contributed by atoms with Gasteiger partial charge in [0.1, 0.15) is 0 Å². The van der Waals surface area contributed by atoms with Crippen LogP contribution in [0.3, 0.4) is 0 Å². The van der Waals surface area contributed by atoms with E-state index in [0.717, 1.165) is 23.2 Å². The number of halogens is 1. The fourth-order valence-electron chi connectivity index (χ4n) is 1.35. The van der Waals surface area contributed by atoms with E-state index < -0.39 is 0 Å². The molecule has 0 bridgehead atoms. The van der Waals surface area contributed by atoms with E-state index >= 15 is 0 Å². The fourth-order valence-corrected chi connectivity index (χ4v) is 1.87. The lowest BCUT2D eigenvalue weighted by Crippen LogP contribution is -2.31. The molecule has 17 heavy (non-hydrogen) atoms. The molecule has 0 fully saturated rings. The van der Waals surface area contributed by atoms with Crippen LogP contribution in [0, 0.1) is 11.3 Å². The maximum absolute atomic E-state index is 8.76. The summed E-state index contributed by atoms with van der Waals surface area (Å²) in [6.07, 6.45) is 0. The van der Waals surface area contributed by atoms with Gasteiger partial charge in [0.2, 0.25) is 0 Å². The highest BCUT2D eigenvalue weighted by molar-refractivity contribution is 9.10. The Morgan fingerprint density at radius 1 is 1.47 bits per heavy atom. The lowest BCUT2D eigenvalue weighted by molar-refractivity contribution is 0.284. The number of nitriles is 1. The zero-order valence-electron chi connectivity index (χ0n) is 10.5. The second-order valence-electron chi connectivity index (χ2n) is 4.31. The first-order valence-corrected chi connectivity index (χ1v) is 6.47. The molecule has 0 atom stereocenters. The molecule has 1 rings (SSSR count). The molecule has 0 aliphatic carbocycles. The molecule has 4 heteroatoms. The van der Waals surface area contributed by atoms with E-state index in [1.807, 2.05) is 18.2 Å². The minimum atomic E-state index is 0.557. The molecule has 0 saturated heterocycles. The van der Waals surface area contributed by atoms with Gasteiger partial charge in [-0.05, 0) is 55.0 Å². The Balaban J connectivity index is 2.50. The van der Waals surface area contributed by atoms with Gasteiger partial charge in [0.05, 0.1) is 11.6 Å². The van der Waals surface area contributed by atoms with E-state index in [9.17, 15) is 0 Å². The summed E-state index contributed by atoms with van der Waals surface area (Å²) in [5.41, 5.74) is 1.70. The number of hydrogen-bond donors (Lipinski definition) is 1. The molecule has 0 radical (unpaired) electrons. The second-order valence-corrected chi connectivity index (χ2v) is 5.16. The van der Waals surface area contributed by atoms with Crippen LogP contribution in [0.2, 0.25) is 0 Å². The molecule has 0 amide bonds. The van der Waals surface area contributed by atoms with Crippen molar-refractivity contribution in [3.8, 4) is 6.07 Å². The molecule has 0 heterocycles. The third-order valence-corrected chi connectivity index (χ3v) is 3.42. The number of benzene rings is 1. The van der Waals surface area contributed by atoms with Crippen molar-refractivity contribution in [1.82, 2.24) is 4.90 Å². The quantitative estimate of drug-likeness (QED) is 0.907.